The first-order valence-electron chi connectivity index (χ1n) is 7.95. The third-order valence-corrected chi connectivity index (χ3v) is 4.26. The predicted octanol–water partition coefficient (Wildman–Crippen LogP) is 4.51. The molecular formula is C18H16BrN5O3. The van der Waals surface area contributed by atoms with Gasteiger partial charge in [-0.05, 0) is 42.0 Å². The van der Waals surface area contributed by atoms with Crippen LogP contribution in [0.4, 0.5) is 23.0 Å². The highest BCUT2D eigenvalue weighted by molar-refractivity contribution is 9.10. The number of hydrogen-bond acceptors (Lipinski definition) is 7. The molecule has 3 rings (SSSR count). The number of benzene rings is 2. The number of ether oxygens (including phenoxy) is 1. The number of halogens is 1. The third-order valence-electron chi connectivity index (χ3n) is 3.73. The molecule has 1 aromatic heterocycles. The number of anilines is 3. The summed E-state index contributed by atoms with van der Waals surface area (Å²) in [5, 5.41) is 17.6. The highest BCUT2D eigenvalue weighted by Crippen LogP contribution is 2.31. The van der Waals surface area contributed by atoms with E-state index in [2.05, 4.69) is 36.5 Å². The highest BCUT2D eigenvalue weighted by atomic mass is 79.9. The van der Waals surface area contributed by atoms with Crippen molar-refractivity contribution in [2.75, 3.05) is 17.7 Å². The van der Waals surface area contributed by atoms with E-state index in [9.17, 15) is 10.1 Å². The Morgan fingerprint density at radius 3 is 2.37 bits per heavy atom. The van der Waals surface area contributed by atoms with Gasteiger partial charge in [-0.1, -0.05) is 28.1 Å². The summed E-state index contributed by atoms with van der Waals surface area (Å²) in [6.45, 7) is 0.375. The molecule has 0 fully saturated rings. The summed E-state index contributed by atoms with van der Waals surface area (Å²) in [4.78, 5) is 19.2. The normalized spacial score (nSPS) is 10.3. The SMILES string of the molecule is COc1ccc(CNc2ncnc(Nc3ccc(Br)cc3)c2[N+](=O)[O-])cc1. The molecule has 8 nitrogen and oxygen atoms in total. The first-order valence-corrected chi connectivity index (χ1v) is 8.75. The molecule has 0 aliphatic heterocycles. The van der Waals surface area contributed by atoms with Gasteiger partial charge in [-0.15, -0.1) is 0 Å². The summed E-state index contributed by atoms with van der Waals surface area (Å²) in [6, 6.07) is 14.6. The molecule has 1 heterocycles. The summed E-state index contributed by atoms with van der Waals surface area (Å²) < 4.78 is 6.03. The Morgan fingerprint density at radius 1 is 1.07 bits per heavy atom. The van der Waals surface area contributed by atoms with Crippen molar-refractivity contribution in [2.45, 2.75) is 6.54 Å². The second-order valence-electron chi connectivity index (χ2n) is 5.51. The van der Waals surface area contributed by atoms with Crippen LogP contribution >= 0.6 is 15.9 Å². The Balaban J connectivity index is 1.81. The maximum absolute atomic E-state index is 11.6. The van der Waals surface area contributed by atoms with E-state index in [1.54, 1.807) is 19.2 Å². The lowest BCUT2D eigenvalue weighted by Gasteiger charge is -2.10. The van der Waals surface area contributed by atoms with Gasteiger partial charge in [-0.3, -0.25) is 10.1 Å². The topological polar surface area (TPSA) is 102 Å². The Bertz CT molecular complexity index is 933. The van der Waals surface area contributed by atoms with E-state index < -0.39 is 4.92 Å². The third kappa shape index (κ3) is 4.70. The number of methoxy groups -OCH3 is 1. The van der Waals surface area contributed by atoms with E-state index in [1.165, 1.54) is 6.33 Å². The molecule has 0 saturated heterocycles. The van der Waals surface area contributed by atoms with Crippen molar-refractivity contribution in [3.8, 4) is 5.75 Å². The fourth-order valence-electron chi connectivity index (χ4n) is 2.37. The van der Waals surface area contributed by atoms with Gasteiger partial charge in [0.15, 0.2) is 0 Å². The molecule has 0 bridgehead atoms. The Hall–Kier alpha value is -3.20. The van der Waals surface area contributed by atoms with Gasteiger partial charge in [0.05, 0.1) is 12.0 Å². The largest absolute Gasteiger partial charge is 0.497 e. The average Bonchev–Trinajstić information content (AvgIpc) is 2.68. The van der Waals surface area contributed by atoms with Crippen LogP contribution in [0, 0.1) is 10.1 Å². The van der Waals surface area contributed by atoms with Crippen molar-refractivity contribution in [1.82, 2.24) is 9.97 Å². The average molecular weight is 430 g/mol. The van der Waals surface area contributed by atoms with Crippen LogP contribution in [0.3, 0.4) is 0 Å². The zero-order chi connectivity index (χ0) is 19.2. The molecule has 0 aliphatic rings. The minimum Gasteiger partial charge on any atom is -0.497 e. The number of aromatic nitrogens is 2. The van der Waals surface area contributed by atoms with E-state index in [0.717, 1.165) is 15.8 Å². The standard InChI is InChI=1S/C18H16BrN5O3/c1-27-15-8-2-12(3-9-15)10-20-17-16(24(25)26)18(22-11-21-17)23-14-6-4-13(19)5-7-14/h2-9,11H,10H2,1H3,(H2,20,21,22,23). The van der Waals surface area contributed by atoms with Crippen molar-refractivity contribution < 1.29 is 9.66 Å². The van der Waals surface area contributed by atoms with Crippen LogP contribution in [-0.2, 0) is 6.54 Å². The van der Waals surface area contributed by atoms with Crippen LogP contribution in [0.5, 0.6) is 5.75 Å². The van der Waals surface area contributed by atoms with Crippen molar-refractivity contribution in [2.24, 2.45) is 0 Å². The van der Waals surface area contributed by atoms with Gasteiger partial charge >= 0.3 is 5.69 Å². The second-order valence-corrected chi connectivity index (χ2v) is 6.43. The fraction of sp³-hybridized carbons (Fsp3) is 0.111. The molecule has 0 saturated carbocycles. The van der Waals surface area contributed by atoms with E-state index in [1.807, 2.05) is 36.4 Å². The summed E-state index contributed by atoms with van der Waals surface area (Å²) in [7, 11) is 1.59. The minimum absolute atomic E-state index is 0.120. The van der Waals surface area contributed by atoms with Crippen molar-refractivity contribution >= 4 is 38.9 Å². The summed E-state index contributed by atoms with van der Waals surface area (Å²) in [6.07, 6.45) is 1.28. The number of nitro groups is 1. The molecule has 0 unspecified atom stereocenters. The first kappa shape index (κ1) is 18.6. The van der Waals surface area contributed by atoms with E-state index >= 15 is 0 Å². The lowest BCUT2D eigenvalue weighted by atomic mass is 10.2. The summed E-state index contributed by atoms with van der Waals surface area (Å²) in [5.41, 5.74) is 1.40. The van der Waals surface area contributed by atoms with Crippen LogP contribution in [0.25, 0.3) is 0 Å². The number of nitrogens with zero attached hydrogens (tertiary/aromatic N) is 3. The van der Waals surface area contributed by atoms with Gasteiger partial charge in [0.1, 0.15) is 12.1 Å². The number of hydrogen-bond donors (Lipinski definition) is 2. The van der Waals surface area contributed by atoms with Crippen LogP contribution in [0.2, 0.25) is 0 Å². The van der Waals surface area contributed by atoms with E-state index in [-0.39, 0.29) is 17.3 Å². The molecule has 3 aromatic rings. The van der Waals surface area contributed by atoms with Crippen LogP contribution in [-0.4, -0.2) is 22.0 Å². The van der Waals surface area contributed by atoms with Crippen LogP contribution in [0.15, 0.2) is 59.3 Å². The molecule has 0 aliphatic carbocycles. The molecule has 2 N–H and O–H groups in total. The smallest absolute Gasteiger partial charge is 0.353 e. The summed E-state index contributed by atoms with van der Waals surface area (Å²) in [5.74, 6) is 1.01. The molecule has 0 spiro atoms. The van der Waals surface area contributed by atoms with Crippen molar-refractivity contribution in [3.05, 3.63) is 75.0 Å². The lowest BCUT2D eigenvalue weighted by Crippen LogP contribution is -2.08. The predicted molar refractivity (Wildman–Crippen MR) is 106 cm³/mol. The molecule has 2 aromatic carbocycles. The van der Waals surface area contributed by atoms with Gasteiger partial charge in [0.2, 0.25) is 11.6 Å². The number of rotatable bonds is 7. The Labute approximate surface area is 163 Å². The van der Waals surface area contributed by atoms with E-state index in [0.29, 0.717) is 12.2 Å². The summed E-state index contributed by atoms with van der Waals surface area (Å²) >= 11 is 3.35. The molecule has 0 radical (unpaired) electrons. The zero-order valence-electron chi connectivity index (χ0n) is 14.3. The first-order chi connectivity index (χ1) is 13.1. The van der Waals surface area contributed by atoms with E-state index in [4.69, 9.17) is 4.74 Å². The van der Waals surface area contributed by atoms with Gasteiger partial charge in [0, 0.05) is 16.7 Å². The Kier molecular flexibility index (Phi) is 5.82. The van der Waals surface area contributed by atoms with Crippen LogP contribution < -0.4 is 15.4 Å². The highest BCUT2D eigenvalue weighted by Gasteiger charge is 2.23. The second kappa shape index (κ2) is 8.45. The molecule has 27 heavy (non-hydrogen) atoms. The van der Waals surface area contributed by atoms with Gasteiger partial charge in [-0.2, -0.15) is 0 Å². The van der Waals surface area contributed by atoms with Gasteiger partial charge in [-0.25, -0.2) is 9.97 Å². The fourth-order valence-corrected chi connectivity index (χ4v) is 2.64. The maximum atomic E-state index is 11.6. The molecular weight excluding hydrogens is 414 g/mol. The van der Waals surface area contributed by atoms with Crippen molar-refractivity contribution in [1.29, 1.82) is 0 Å². The molecule has 9 heteroatoms. The molecule has 138 valence electrons. The Morgan fingerprint density at radius 2 is 1.74 bits per heavy atom. The van der Waals surface area contributed by atoms with Crippen molar-refractivity contribution in [3.63, 3.8) is 0 Å². The molecule has 0 atom stereocenters. The number of nitrogens with one attached hydrogen (secondary N) is 2. The van der Waals surface area contributed by atoms with Gasteiger partial charge in [0.25, 0.3) is 0 Å². The quantitative estimate of drug-likeness (QED) is 0.420. The monoisotopic (exact) mass is 429 g/mol. The molecule has 0 amide bonds. The zero-order valence-corrected chi connectivity index (χ0v) is 15.9. The maximum Gasteiger partial charge on any atom is 0.353 e. The minimum atomic E-state index is -0.502. The van der Waals surface area contributed by atoms with Gasteiger partial charge < -0.3 is 15.4 Å². The lowest BCUT2D eigenvalue weighted by molar-refractivity contribution is -0.383. The van der Waals surface area contributed by atoms with Crippen LogP contribution in [0.1, 0.15) is 5.56 Å².